The summed E-state index contributed by atoms with van der Waals surface area (Å²) in [7, 11) is 0. The first-order valence-electron chi connectivity index (χ1n) is 6.51. The Kier molecular flexibility index (Phi) is 3.62. The Labute approximate surface area is 126 Å². The molecule has 1 heterocycles. The minimum atomic E-state index is -0.180. The van der Waals surface area contributed by atoms with Gasteiger partial charge in [0.15, 0.2) is 6.61 Å². The highest BCUT2D eigenvalue weighted by Crippen LogP contribution is 2.23. The summed E-state index contributed by atoms with van der Waals surface area (Å²) in [5, 5.41) is 0.484. The van der Waals surface area contributed by atoms with E-state index in [-0.39, 0.29) is 12.5 Å². The molecule has 2 aromatic carbocycles. The number of ether oxygens (including phenoxy) is 1. The molecular weight excluding hydrogens is 288 g/mol. The summed E-state index contributed by atoms with van der Waals surface area (Å²) in [4.78, 5) is 16.7. The van der Waals surface area contributed by atoms with Gasteiger partial charge in [0.1, 0.15) is 11.6 Å². The number of hydrogen-bond acceptors (Lipinski definition) is 3. The third kappa shape index (κ3) is 2.62. The third-order valence-corrected chi connectivity index (χ3v) is 3.48. The molecule has 0 fully saturated rings. The van der Waals surface area contributed by atoms with E-state index in [0.29, 0.717) is 16.6 Å². The van der Waals surface area contributed by atoms with Crippen molar-refractivity contribution < 1.29 is 9.53 Å². The fourth-order valence-electron chi connectivity index (χ4n) is 2.23. The van der Waals surface area contributed by atoms with Crippen LogP contribution in [-0.2, 0) is 0 Å². The van der Waals surface area contributed by atoms with E-state index in [4.69, 9.17) is 16.3 Å². The minimum absolute atomic E-state index is 0.0923. The molecule has 0 aliphatic carbocycles. The van der Waals surface area contributed by atoms with E-state index >= 15 is 0 Å². The number of halogens is 1. The van der Waals surface area contributed by atoms with Gasteiger partial charge in [-0.3, -0.25) is 9.36 Å². The lowest BCUT2D eigenvalue weighted by Gasteiger charge is -2.09. The van der Waals surface area contributed by atoms with Crippen LogP contribution in [0.15, 0.2) is 48.5 Å². The van der Waals surface area contributed by atoms with Crippen LogP contribution in [0.25, 0.3) is 11.0 Å². The molecule has 0 spiro atoms. The van der Waals surface area contributed by atoms with Crippen molar-refractivity contribution in [2.75, 3.05) is 6.61 Å². The molecule has 0 aliphatic rings. The monoisotopic (exact) mass is 300 g/mol. The SMILES string of the molecule is Cc1nc2ccccc2n1C(=O)COc1ccccc1Cl. The number of hydrogen-bond donors (Lipinski definition) is 0. The van der Waals surface area contributed by atoms with Gasteiger partial charge < -0.3 is 4.74 Å². The molecule has 0 aliphatic heterocycles. The average Bonchev–Trinajstić information content (AvgIpc) is 2.82. The van der Waals surface area contributed by atoms with E-state index in [1.165, 1.54) is 0 Å². The largest absolute Gasteiger partial charge is 0.482 e. The van der Waals surface area contributed by atoms with Gasteiger partial charge in [0, 0.05) is 0 Å². The summed E-state index contributed by atoms with van der Waals surface area (Å²) in [6.07, 6.45) is 0. The molecule has 5 heteroatoms. The molecule has 0 saturated carbocycles. The van der Waals surface area contributed by atoms with Crippen LogP contribution in [0.5, 0.6) is 5.75 Å². The van der Waals surface area contributed by atoms with E-state index in [1.807, 2.05) is 36.4 Å². The van der Waals surface area contributed by atoms with E-state index in [1.54, 1.807) is 23.6 Å². The Hall–Kier alpha value is -2.33. The Morgan fingerprint density at radius 2 is 1.90 bits per heavy atom. The topological polar surface area (TPSA) is 44.1 Å². The molecular formula is C16H13ClN2O2. The molecule has 4 nitrogen and oxygen atoms in total. The van der Waals surface area contributed by atoms with Crippen LogP contribution in [0.1, 0.15) is 10.6 Å². The first-order valence-corrected chi connectivity index (χ1v) is 6.89. The van der Waals surface area contributed by atoms with Gasteiger partial charge >= 0.3 is 0 Å². The Morgan fingerprint density at radius 1 is 1.19 bits per heavy atom. The number of carbonyl (C=O) groups excluding carboxylic acids is 1. The van der Waals surface area contributed by atoms with Crippen LogP contribution in [-0.4, -0.2) is 22.1 Å². The van der Waals surface area contributed by atoms with E-state index in [2.05, 4.69) is 4.98 Å². The maximum Gasteiger partial charge on any atom is 0.270 e. The van der Waals surface area contributed by atoms with Crippen LogP contribution in [0.4, 0.5) is 0 Å². The highest BCUT2D eigenvalue weighted by atomic mass is 35.5. The first-order chi connectivity index (χ1) is 10.2. The molecule has 0 N–H and O–H groups in total. The van der Waals surface area contributed by atoms with Crippen molar-refractivity contribution >= 4 is 28.5 Å². The molecule has 1 aromatic heterocycles. The molecule has 0 bridgehead atoms. The zero-order valence-electron chi connectivity index (χ0n) is 11.4. The van der Waals surface area contributed by atoms with Crippen LogP contribution in [0.2, 0.25) is 5.02 Å². The molecule has 0 radical (unpaired) electrons. The van der Waals surface area contributed by atoms with Gasteiger partial charge in [0.25, 0.3) is 5.91 Å². The maximum absolute atomic E-state index is 12.4. The van der Waals surface area contributed by atoms with Gasteiger partial charge in [-0.2, -0.15) is 0 Å². The number of imidazole rings is 1. The van der Waals surface area contributed by atoms with Gasteiger partial charge in [-0.25, -0.2) is 4.98 Å². The number of carbonyl (C=O) groups is 1. The van der Waals surface area contributed by atoms with Crippen molar-refractivity contribution in [2.24, 2.45) is 0 Å². The van der Waals surface area contributed by atoms with Gasteiger partial charge in [-0.15, -0.1) is 0 Å². The standard InChI is InChI=1S/C16H13ClN2O2/c1-11-18-13-7-3-4-8-14(13)19(11)16(20)10-21-15-9-5-2-6-12(15)17/h2-9H,10H2,1H3. The predicted octanol–water partition coefficient (Wildman–Crippen LogP) is 3.72. The van der Waals surface area contributed by atoms with Crippen LogP contribution < -0.4 is 4.74 Å². The van der Waals surface area contributed by atoms with Crippen LogP contribution >= 0.6 is 11.6 Å². The lowest BCUT2D eigenvalue weighted by atomic mass is 10.3. The van der Waals surface area contributed by atoms with E-state index < -0.39 is 0 Å². The third-order valence-electron chi connectivity index (χ3n) is 3.17. The molecule has 106 valence electrons. The molecule has 0 unspecified atom stereocenters. The normalized spacial score (nSPS) is 10.8. The molecule has 0 amide bonds. The lowest BCUT2D eigenvalue weighted by Crippen LogP contribution is -2.20. The van der Waals surface area contributed by atoms with Gasteiger partial charge in [0.2, 0.25) is 0 Å². The summed E-state index contributed by atoms with van der Waals surface area (Å²) in [6.45, 7) is 1.71. The van der Waals surface area contributed by atoms with Gasteiger partial charge in [-0.05, 0) is 31.2 Å². The average molecular weight is 301 g/mol. The number of benzene rings is 2. The van der Waals surface area contributed by atoms with E-state index in [9.17, 15) is 4.79 Å². The van der Waals surface area contributed by atoms with E-state index in [0.717, 1.165) is 11.0 Å². The number of aromatic nitrogens is 2. The fraction of sp³-hybridized carbons (Fsp3) is 0.125. The summed E-state index contributed by atoms with van der Waals surface area (Å²) < 4.78 is 7.06. The zero-order valence-corrected chi connectivity index (χ0v) is 12.2. The second kappa shape index (κ2) is 5.58. The van der Waals surface area contributed by atoms with Crippen molar-refractivity contribution in [1.29, 1.82) is 0 Å². The summed E-state index contributed by atoms with van der Waals surface area (Å²) in [5.41, 5.74) is 1.57. The first kappa shape index (κ1) is 13.6. The molecule has 21 heavy (non-hydrogen) atoms. The smallest absolute Gasteiger partial charge is 0.270 e. The minimum Gasteiger partial charge on any atom is -0.482 e. The predicted molar refractivity (Wildman–Crippen MR) is 82.0 cm³/mol. The van der Waals surface area contributed by atoms with Crippen molar-refractivity contribution in [2.45, 2.75) is 6.92 Å². The molecule has 3 rings (SSSR count). The van der Waals surface area contributed by atoms with Crippen molar-refractivity contribution in [3.05, 3.63) is 59.4 Å². The number of fused-ring (bicyclic) bond motifs is 1. The second-order valence-corrected chi connectivity index (χ2v) is 5.00. The van der Waals surface area contributed by atoms with Crippen LogP contribution in [0, 0.1) is 6.92 Å². The highest BCUT2D eigenvalue weighted by Gasteiger charge is 2.14. The molecule has 3 aromatic rings. The fourth-order valence-corrected chi connectivity index (χ4v) is 2.42. The van der Waals surface area contributed by atoms with Crippen molar-refractivity contribution in [3.8, 4) is 5.75 Å². The Balaban J connectivity index is 1.85. The van der Waals surface area contributed by atoms with Gasteiger partial charge in [-0.1, -0.05) is 35.9 Å². The number of nitrogens with zero attached hydrogens (tertiary/aromatic N) is 2. The lowest BCUT2D eigenvalue weighted by molar-refractivity contribution is 0.0840. The van der Waals surface area contributed by atoms with Gasteiger partial charge in [0.05, 0.1) is 16.1 Å². The highest BCUT2D eigenvalue weighted by molar-refractivity contribution is 6.32. The summed E-state index contributed by atoms with van der Waals surface area (Å²) in [6, 6.07) is 14.6. The quantitative estimate of drug-likeness (QED) is 0.740. The molecule has 0 atom stereocenters. The van der Waals surface area contributed by atoms with Crippen molar-refractivity contribution in [1.82, 2.24) is 9.55 Å². The Bertz CT molecular complexity index is 811. The summed E-state index contributed by atoms with van der Waals surface area (Å²) >= 11 is 6.00. The van der Waals surface area contributed by atoms with Crippen molar-refractivity contribution in [3.63, 3.8) is 0 Å². The zero-order chi connectivity index (χ0) is 14.8. The second-order valence-electron chi connectivity index (χ2n) is 4.60. The number of para-hydroxylation sites is 3. The number of rotatable bonds is 3. The molecule has 0 saturated heterocycles. The van der Waals surface area contributed by atoms with Crippen LogP contribution in [0.3, 0.4) is 0 Å². The number of aryl methyl sites for hydroxylation is 1. The Morgan fingerprint density at radius 3 is 2.71 bits per heavy atom. The maximum atomic E-state index is 12.4. The summed E-state index contributed by atoms with van der Waals surface area (Å²) in [5.74, 6) is 0.958.